The molecular formula is C19H26N4O2S. The van der Waals surface area contributed by atoms with Crippen LogP contribution in [0.2, 0.25) is 0 Å². The monoisotopic (exact) mass is 374 g/mol. The van der Waals surface area contributed by atoms with Gasteiger partial charge >= 0.3 is 0 Å². The van der Waals surface area contributed by atoms with E-state index in [2.05, 4.69) is 16.3 Å². The van der Waals surface area contributed by atoms with Crippen LogP contribution in [0.1, 0.15) is 12.0 Å². The van der Waals surface area contributed by atoms with Crippen LogP contribution in [0.5, 0.6) is 0 Å². The molecule has 0 bridgehead atoms. The van der Waals surface area contributed by atoms with Crippen molar-refractivity contribution in [1.29, 1.82) is 0 Å². The molecule has 3 aliphatic heterocycles. The zero-order valence-electron chi connectivity index (χ0n) is 15.0. The van der Waals surface area contributed by atoms with Crippen LogP contribution in [-0.4, -0.2) is 78.6 Å². The molecule has 0 spiro atoms. The number of rotatable bonds is 4. The van der Waals surface area contributed by atoms with Crippen molar-refractivity contribution in [2.45, 2.75) is 18.9 Å². The van der Waals surface area contributed by atoms with Crippen LogP contribution in [0.15, 0.2) is 24.3 Å². The molecule has 0 saturated carbocycles. The molecule has 1 unspecified atom stereocenters. The third-order valence-corrected chi connectivity index (χ3v) is 6.47. The Balaban J connectivity index is 1.23. The van der Waals surface area contributed by atoms with E-state index < -0.39 is 0 Å². The quantitative estimate of drug-likeness (QED) is 0.844. The van der Waals surface area contributed by atoms with E-state index in [1.165, 1.54) is 5.56 Å². The molecular weight excluding hydrogens is 348 g/mol. The van der Waals surface area contributed by atoms with Gasteiger partial charge in [0, 0.05) is 63.0 Å². The van der Waals surface area contributed by atoms with Crippen molar-refractivity contribution in [3.63, 3.8) is 0 Å². The van der Waals surface area contributed by atoms with Crippen molar-refractivity contribution in [2.24, 2.45) is 0 Å². The molecule has 2 amide bonds. The zero-order valence-corrected chi connectivity index (χ0v) is 15.8. The minimum Gasteiger partial charge on any atom is -0.339 e. The van der Waals surface area contributed by atoms with Crippen LogP contribution in [0.25, 0.3) is 0 Å². The fourth-order valence-corrected chi connectivity index (χ4v) is 4.89. The third-order valence-electron chi connectivity index (χ3n) is 5.53. The van der Waals surface area contributed by atoms with E-state index in [1.807, 2.05) is 28.0 Å². The number of amides is 2. The average Bonchev–Trinajstić information content (AvgIpc) is 3.36. The number of nitrogens with one attached hydrogen (secondary N) is 1. The van der Waals surface area contributed by atoms with Gasteiger partial charge in [-0.15, -0.1) is 11.8 Å². The predicted octanol–water partition coefficient (Wildman–Crippen LogP) is 0.773. The van der Waals surface area contributed by atoms with Gasteiger partial charge in [-0.2, -0.15) is 0 Å². The molecule has 26 heavy (non-hydrogen) atoms. The lowest BCUT2D eigenvalue weighted by Gasteiger charge is -2.36. The van der Waals surface area contributed by atoms with Crippen LogP contribution < -0.4 is 10.2 Å². The number of thioether (sulfide) groups is 1. The Bertz CT molecular complexity index is 669. The molecule has 3 heterocycles. The van der Waals surface area contributed by atoms with E-state index in [0.717, 1.165) is 63.0 Å². The van der Waals surface area contributed by atoms with Crippen LogP contribution in [0.3, 0.4) is 0 Å². The van der Waals surface area contributed by atoms with E-state index in [4.69, 9.17) is 0 Å². The fraction of sp³-hybridized carbons (Fsp3) is 0.579. The number of piperazine rings is 1. The van der Waals surface area contributed by atoms with Gasteiger partial charge in [0.25, 0.3) is 0 Å². The Morgan fingerprint density at radius 2 is 1.92 bits per heavy atom. The van der Waals surface area contributed by atoms with Gasteiger partial charge in [0.2, 0.25) is 11.8 Å². The second kappa shape index (κ2) is 7.98. The zero-order chi connectivity index (χ0) is 17.9. The summed E-state index contributed by atoms with van der Waals surface area (Å²) in [6.45, 7) is 4.82. The van der Waals surface area contributed by atoms with E-state index in [0.29, 0.717) is 6.42 Å². The number of anilines is 1. The molecule has 140 valence electrons. The second-order valence-electron chi connectivity index (χ2n) is 7.11. The molecule has 2 fully saturated rings. The highest BCUT2D eigenvalue weighted by Crippen LogP contribution is 2.27. The minimum atomic E-state index is -0.0108. The molecule has 0 radical (unpaired) electrons. The van der Waals surface area contributed by atoms with Gasteiger partial charge in [-0.25, -0.2) is 0 Å². The summed E-state index contributed by atoms with van der Waals surface area (Å²) < 4.78 is 0. The van der Waals surface area contributed by atoms with Gasteiger partial charge in [0.1, 0.15) is 0 Å². The van der Waals surface area contributed by atoms with Gasteiger partial charge in [0.05, 0.1) is 6.04 Å². The van der Waals surface area contributed by atoms with Crippen molar-refractivity contribution < 1.29 is 9.59 Å². The summed E-state index contributed by atoms with van der Waals surface area (Å²) in [5.74, 6) is 2.20. The summed E-state index contributed by atoms with van der Waals surface area (Å²) in [5, 5.41) is 3.25. The predicted molar refractivity (Wildman–Crippen MR) is 104 cm³/mol. The number of para-hydroxylation sites is 1. The van der Waals surface area contributed by atoms with E-state index in [1.54, 1.807) is 11.8 Å². The summed E-state index contributed by atoms with van der Waals surface area (Å²) in [4.78, 5) is 31.3. The van der Waals surface area contributed by atoms with Gasteiger partial charge in [-0.1, -0.05) is 18.2 Å². The van der Waals surface area contributed by atoms with Crippen LogP contribution in [0.4, 0.5) is 5.69 Å². The first-order valence-corrected chi connectivity index (χ1v) is 10.6. The standard InChI is InChI=1S/C19H26N4O2S/c24-18(23-8-5-15-3-1-2-4-17(15)23)6-7-21-9-11-22(12-10-21)19(25)16-13-26-14-20-16/h1-4,16,20H,5-14H2. The normalized spacial score (nSPS) is 23.3. The maximum absolute atomic E-state index is 12.6. The Morgan fingerprint density at radius 1 is 1.12 bits per heavy atom. The number of nitrogens with zero attached hydrogens (tertiary/aromatic N) is 3. The number of hydrogen-bond donors (Lipinski definition) is 1. The maximum Gasteiger partial charge on any atom is 0.240 e. The molecule has 1 aromatic carbocycles. The molecule has 1 aromatic rings. The fourth-order valence-electron chi connectivity index (χ4n) is 3.95. The Kier molecular flexibility index (Phi) is 5.47. The molecule has 1 atom stereocenters. The van der Waals surface area contributed by atoms with Gasteiger partial charge in [0.15, 0.2) is 0 Å². The second-order valence-corrected chi connectivity index (χ2v) is 8.14. The summed E-state index contributed by atoms with van der Waals surface area (Å²) in [5.41, 5.74) is 2.35. The number of hydrogen-bond acceptors (Lipinski definition) is 5. The maximum atomic E-state index is 12.6. The van der Waals surface area contributed by atoms with E-state index in [-0.39, 0.29) is 17.9 Å². The van der Waals surface area contributed by atoms with Crippen LogP contribution in [0, 0.1) is 0 Å². The van der Waals surface area contributed by atoms with Gasteiger partial charge in [-0.3, -0.25) is 19.8 Å². The molecule has 3 aliphatic rings. The summed E-state index contributed by atoms with van der Waals surface area (Å²) in [6.07, 6.45) is 1.50. The lowest BCUT2D eigenvalue weighted by molar-refractivity contribution is -0.134. The summed E-state index contributed by atoms with van der Waals surface area (Å²) in [7, 11) is 0. The number of fused-ring (bicyclic) bond motifs is 1. The number of carbonyl (C=O) groups excluding carboxylic acids is 2. The van der Waals surface area contributed by atoms with Crippen molar-refractivity contribution in [1.82, 2.24) is 15.1 Å². The Morgan fingerprint density at radius 3 is 2.69 bits per heavy atom. The summed E-state index contributed by atoms with van der Waals surface area (Å²) >= 11 is 1.78. The minimum absolute atomic E-state index is 0.0108. The molecule has 2 saturated heterocycles. The highest BCUT2D eigenvalue weighted by atomic mass is 32.2. The first kappa shape index (κ1) is 17.8. The van der Waals surface area contributed by atoms with E-state index in [9.17, 15) is 9.59 Å². The molecule has 1 N–H and O–H groups in total. The Hall–Kier alpha value is -1.57. The molecule has 0 aromatic heterocycles. The van der Waals surface area contributed by atoms with Crippen molar-refractivity contribution in [2.75, 3.05) is 55.8 Å². The highest BCUT2D eigenvalue weighted by molar-refractivity contribution is 7.99. The van der Waals surface area contributed by atoms with Gasteiger partial charge in [-0.05, 0) is 18.1 Å². The van der Waals surface area contributed by atoms with Crippen molar-refractivity contribution >= 4 is 29.3 Å². The lowest BCUT2D eigenvalue weighted by Crippen LogP contribution is -2.53. The lowest BCUT2D eigenvalue weighted by atomic mass is 10.2. The van der Waals surface area contributed by atoms with Gasteiger partial charge < -0.3 is 9.80 Å². The SMILES string of the molecule is O=C(C1CSCN1)N1CCN(CCC(=O)N2CCc3ccccc32)CC1. The summed E-state index contributed by atoms with van der Waals surface area (Å²) in [6, 6.07) is 8.17. The number of benzene rings is 1. The van der Waals surface area contributed by atoms with Crippen molar-refractivity contribution in [3.8, 4) is 0 Å². The smallest absolute Gasteiger partial charge is 0.240 e. The average molecular weight is 375 g/mol. The van der Waals surface area contributed by atoms with Crippen LogP contribution in [-0.2, 0) is 16.0 Å². The molecule has 6 nitrogen and oxygen atoms in total. The van der Waals surface area contributed by atoms with Crippen molar-refractivity contribution in [3.05, 3.63) is 29.8 Å². The van der Waals surface area contributed by atoms with E-state index >= 15 is 0 Å². The first-order chi connectivity index (χ1) is 12.7. The highest BCUT2D eigenvalue weighted by Gasteiger charge is 2.30. The molecule has 4 rings (SSSR count). The molecule has 7 heteroatoms. The first-order valence-electron chi connectivity index (χ1n) is 9.43. The Labute approximate surface area is 158 Å². The largest absolute Gasteiger partial charge is 0.339 e. The topological polar surface area (TPSA) is 55.9 Å². The van der Waals surface area contributed by atoms with Crippen LogP contribution >= 0.6 is 11.8 Å². The molecule has 0 aliphatic carbocycles. The number of carbonyl (C=O) groups is 2. The third kappa shape index (κ3) is 3.75.